The van der Waals surface area contributed by atoms with Crippen LogP contribution < -0.4 is 0 Å². The molecule has 2 N–H and O–H groups in total. The summed E-state index contributed by atoms with van der Waals surface area (Å²) in [4.78, 5) is 11.6. The lowest BCUT2D eigenvalue weighted by molar-refractivity contribution is -0.133. The number of aliphatic hydroxyl groups is 1. The fraction of sp³-hybridized carbons (Fsp3) is 0.800. The first kappa shape index (κ1) is 13.6. The topological polar surface area (TPSA) is 57.5 Å². The molecule has 2 aliphatic carbocycles. The Bertz CT molecular complexity index is 397. The maximum absolute atomic E-state index is 11.6. The zero-order chi connectivity index (χ0) is 13.7. The first-order valence-corrected chi connectivity index (χ1v) is 6.90. The average molecular weight is 252 g/mol. The van der Waals surface area contributed by atoms with Crippen molar-refractivity contribution in [2.45, 2.75) is 40.5 Å². The summed E-state index contributed by atoms with van der Waals surface area (Å²) in [6.45, 7) is 8.50. The second-order valence-electron chi connectivity index (χ2n) is 6.52. The van der Waals surface area contributed by atoms with Crippen molar-refractivity contribution in [3.05, 3.63) is 11.1 Å². The van der Waals surface area contributed by atoms with E-state index in [1.54, 1.807) is 0 Å². The largest absolute Gasteiger partial charge is 0.478 e. The predicted octanol–water partition coefficient (Wildman–Crippen LogP) is 2.70. The Morgan fingerprint density at radius 3 is 2.56 bits per heavy atom. The zero-order valence-electron chi connectivity index (χ0n) is 11.7. The van der Waals surface area contributed by atoms with E-state index in [0.29, 0.717) is 17.4 Å². The van der Waals surface area contributed by atoms with Crippen molar-refractivity contribution in [3.63, 3.8) is 0 Å². The van der Waals surface area contributed by atoms with Gasteiger partial charge in [-0.05, 0) is 48.9 Å². The van der Waals surface area contributed by atoms with E-state index in [9.17, 15) is 15.0 Å². The highest BCUT2D eigenvalue weighted by molar-refractivity contribution is 5.89. The number of hydrogen-bond donors (Lipinski definition) is 2. The molecule has 0 radical (unpaired) electrons. The molecule has 0 unspecified atom stereocenters. The summed E-state index contributed by atoms with van der Waals surface area (Å²) >= 11 is 0. The van der Waals surface area contributed by atoms with Gasteiger partial charge in [-0.3, -0.25) is 0 Å². The molecule has 1 saturated carbocycles. The van der Waals surface area contributed by atoms with Crippen molar-refractivity contribution >= 4 is 5.97 Å². The van der Waals surface area contributed by atoms with Crippen LogP contribution in [0.15, 0.2) is 11.1 Å². The molecule has 4 atom stereocenters. The van der Waals surface area contributed by atoms with Gasteiger partial charge in [0.15, 0.2) is 0 Å². The number of aliphatic carboxylic acids is 1. The van der Waals surface area contributed by atoms with Gasteiger partial charge in [0.25, 0.3) is 0 Å². The Morgan fingerprint density at radius 1 is 1.50 bits per heavy atom. The summed E-state index contributed by atoms with van der Waals surface area (Å²) in [5.74, 6) is 0.191. The van der Waals surface area contributed by atoms with Crippen LogP contribution in [-0.4, -0.2) is 22.8 Å². The van der Waals surface area contributed by atoms with Gasteiger partial charge in [-0.2, -0.15) is 0 Å². The molecule has 0 aromatic heterocycles. The van der Waals surface area contributed by atoms with Gasteiger partial charge >= 0.3 is 5.97 Å². The first-order chi connectivity index (χ1) is 8.34. The van der Waals surface area contributed by atoms with Crippen LogP contribution in [0.5, 0.6) is 0 Å². The lowest BCUT2D eigenvalue weighted by Gasteiger charge is -2.45. The fourth-order valence-corrected chi connectivity index (χ4v) is 4.33. The summed E-state index contributed by atoms with van der Waals surface area (Å²) in [5.41, 5.74) is 1.48. The Morgan fingerprint density at radius 2 is 2.11 bits per heavy atom. The molecule has 0 amide bonds. The van der Waals surface area contributed by atoms with E-state index in [4.69, 9.17) is 0 Å². The van der Waals surface area contributed by atoms with E-state index in [0.717, 1.165) is 18.4 Å². The number of hydrogen-bond acceptors (Lipinski definition) is 2. The number of rotatable bonds is 3. The lowest BCUT2D eigenvalue weighted by atomic mass is 9.60. The molecule has 102 valence electrons. The fourth-order valence-electron chi connectivity index (χ4n) is 4.33. The molecule has 0 spiro atoms. The molecule has 18 heavy (non-hydrogen) atoms. The third-order valence-electron chi connectivity index (χ3n) is 5.59. The minimum Gasteiger partial charge on any atom is -0.478 e. The minimum atomic E-state index is -0.785. The quantitative estimate of drug-likeness (QED) is 0.812. The van der Waals surface area contributed by atoms with Crippen LogP contribution in [0.2, 0.25) is 0 Å². The molecule has 0 heterocycles. The summed E-state index contributed by atoms with van der Waals surface area (Å²) in [7, 11) is 0. The van der Waals surface area contributed by atoms with E-state index in [2.05, 4.69) is 20.8 Å². The van der Waals surface area contributed by atoms with Crippen LogP contribution in [-0.2, 0) is 4.79 Å². The molecule has 0 saturated heterocycles. The Hall–Kier alpha value is -0.830. The van der Waals surface area contributed by atoms with E-state index in [1.165, 1.54) is 0 Å². The highest BCUT2D eigenvalue weighted by Gasteiger charge is 2.56. The molecule has 0 aromatic rings. The predicted molar refractivity (Wildman–Crippen MR) is 70.1 cm³/mol. The highest BCUT2D eigenvalue weighted by Crippen LogP contribution is 2.61. The molecule has 0 aliphatic heterocycles. The Balaban J connectivity index is 2.52. The SMILES string of the molecule is CC1=C(C(=O)O)[C@H]2[C@@H](C(C)C)CC[C@]1(C)[C@H]2CO. The number of carboxylic acids is 1. The number of carbonyl (C=O) groups is 1. The molecular formula is C15H24O3. The summed E-state index contributed by atoms with van der Waals surface area (Å²) < 4.78 is 0. The lowest BCUT2D eigenvalue weighted by Crippen LogP contribution is -2.41. The summed E-state index contributed by atoms with van der Waals surface area (Å²) in [6, 6.07) is 0. The van der Waals surface area contributed by atoms with Crippen LogP contribution in [0.1, 0.15) is 40.5 Å². The molecule has 2 rings (SSSR count). The number of carboxylic acid groups (broad SMARTS) is 1. The van der Waals surface area contributed by atoms with E-state index in [1.807, 2.05) is 6.92 Å². The normalized spacial score (nSPS) is 39.6. The highest BCUT2D eigenvalue weighted by atomic mass is 16.4. The van der Waals surface area contributed by atoms with Gasteiger partial charge in [0, 0.05) is 12.2 Å². The van der Waals surface area contributed by atoms with Crippen molar-refractivity contribution in [2.24, 2.45) is 29.1 Å². The second kappa shape index (κ2) is 4.37. The molecule has 1 fully saturated rings. The van der Waals surface area contributed by atoms with Crippen molar-refractivity contribution in [2.75, 3.05) is 6.61 Å². The summed E-state index contributed by atoms with van der Waals surface area (Å²) in [5, 5.41) is 19.3. The van der Waals surface area contributed by atoms with E-state index >= 15 is 0 Å². The van der Waals surface area contributed by atoms with Gasteiger partial charge in [-0.1, -0.05) is 26.3 Å². The molecule has 3 heteroatoms. The van der Waals surface area contributed by atoms with Gasteiger partial charge in [-0.15, -0.1) is 0 Å². The smallest absolute Gasteiger partial charge is 0.331 e. The number of allylic oxidation sites excluding steroid dienone is 1. The van der Waals surface area contributed by atoms with Gasteiger partial charge in [0.05, 0.1) is 0 Å². The Kier molecular flexibility index (Phi) is 3.30. The molecule has 0 aromatic carbocycles. The van der Waals surface area contributed by atoms with Crippen LogP contribution in [0.3, 0.4) is 0 Å². The summed E-state index contributed by atoms with van der Waals surface area (Å²) in [6.07, 6.45) is 2.07. The van der Waals surface area contributed by atoms with Gasteiger partial charge in [0.1, 0.15) is 0 Å². The standard InChI is InChI=1S/C15H24O3/c1-8(2)10-5-6-15(4)9(3)12(14(17)18)13(10)11(15)7-16/h8,10-11,13,16H,5-7H2,1-4H3,(H,17,18)/t10-,11+,13+,15+/m1/s1. The molecule has 3 nitrogen and oxygen atoms in total. The van der Waals surface area contributed by atoms with Crippen LogP contribution in [0, 0.1) is 29.1 Å². The Labute approximate surface area is 109 Å². The minimum absolute atomic E-state index is 0.0336. The van der Waals surface area contributed by atoms with Gasteiger partial charge in [-0.25, -0.2) is 4.79 Å². The number of fused-ring (bicyclic) bond motifs is 2. The van der Waals surface area contributed by atoms with Crippen LogP contribution in [0.4, 0.5) is 0 Å². The first-order valence-electron chi connectivity index (χ1n) is 6.90. The van der Waals surface area contributed by atoms with E-state index < -0.39 is 5.97 Å². The van der Waals surface area contributed by atoms with Crippen molar-refractivity contribution in [3.8, 4) is 0 Å². The van der Waals surface area contributed by atoms with Crippen molar-refractivity contribution < 1.29 is 15.0 Å². The molecular weight excluding hydrogens is 228 g/mol. The second-order valence-corrected chi connectivity index (χ2v) is 6.52. The maximum atomic E-state index is 11.6. The molecule has 2 aliphatic rings. The van der Waals surface area contributed by atoms with Crippen molar-refractivity contribution in [1.29, 1.82) is 0 Å². The van der Waals surface area contributed by atoms with Crippen LogP contribution >= 0.6 is 0 Å². The van der Waals surface area contributed by atoms with Gasteiger partial charge in [0.2, 0.25) is 0 Å². The monoisotopic (exact) mass is 252 g/mol. The van der Waals surface area contributed by atoms with Gasteiger partial charge < -0.3 is 10.2 Å². The third-order valence-corrected chi connectivity index (χ3v) is 5.59. The zero-order valence-corrected chi connectivity index (χ0v) is 11.7. The van der Waals surface area contributed by atoms with Crippen molar-refractivity contribution in [1.82, 2.24) is 0 Å². The van der Waals surface area contributed by atoms with E-state index in [-0.39, 0.29) is 23.9 Å². The molecule has 2 bridgehead atoms. The third kappa shape index (κ3) is 1.63. The van der Waals surface area contributed by atoms with Crippen LogP contribution in [0.25, 0.3) is 0 Å². The number of aliphatic hydroxyl groups excluding tert-OH is 1. The average Bonchev–Trinajstić information content (AvgIpc) is 2.41. The maximum Gasteiger partial charge on any atom is 0.331 e.